The van der Waals surface area contributed by atoms with Crippen LogP contribution in [0.4, 0.5) is 17.2 Å². The van der Waals surface area contributed by atoms with Crippen molar-refractivity contribution in [3.63, 3.8) is 0 Å². The van der Waals surface area contributed by atoms with Gasteiger partial charge in [-0.2, -0.15) is 0 Å². The molecule has 1 amide bonds. The number of nitrogen functional groups attached to an aromatic ring is 1. The average Bonchev–Trinajstić information content (AvgIpc) is 3.31. The van der Waals surface area contributed by atoms with Crippen molar-refractivity contribution >= 4 is 65.4 Å². The molecule has 0 radical (unpaired) electrons. The van der Waals surface area contributed by atoms with Crippen molar-refractivity contribution in [2.45, 2.75) is 13.3 Å². The number of hydrogen-bond acceptors (Lipinski definition) is 9. The third-order valence-corrected chi connectivity index (χ3v) is 7.61. The van der Waals surface area contributed by atoms with Crippen LogP contribution in [-0.4, -0.2) is 42.6 Å². The first-order chi connectivity index (χ1) is 18.1. The molecule has 0 saturated heterocycles. The topological polar surface area (TPSA) is 149 Å². The summed E-state index contributed by atoms with van der Waals surface area (Å²) in [5, 5.41) is 6.48. The lowest BCUT2D eigenvalue weighted by atomic mass is 10.00. The third-order valence-electron chi connectivity index (χ3n) is 6.03. The summed E-state index contributed by atoms with van der Waals surface area (Å²) in [7, 11) is -2.01. The molecule has 0 saturated carbocycles. The highest BCUT2D eigenvalue weighted by Gasteiger charge is 2.18. The minimum Gasteiger partial charge on any atom is -0.495 e. The molecular formula is C26H24N6O4S2. The van der Waals surface area contributed by atoms with E-state index >= 15 is 0 Å². The van der Waals surface area contributed by atoms with E-state index in [1.54, 1.807) is 23.7 Å². The predicted molar refractivity (Wildman–Crippen MR) is 151 cm³/mol. The first-order valence-corrected chi connectivity index (χ1v) is 14.2. The van der Waals surface area contributed by atoms with Gasteiger partial charge < -0.3 is 15.8 Å². The first-order valence-electron chi connectivity index (χ1n) is 11.5. The fourth-order valence-electron chi connectivity index (χ4n) is 4.28. The number of benzene rings is 2. The average molecular weight is 549 g/mol. The zero-order valence-electron chi connectivity index (χ0n) is 20.8. The number of anilines is 3. The molecule has 5 aromatic rings. The van der Waals surface area contributed by atoms with Gasteiger partial charge in [0.1, 0.15) is 17.9 Å². The molecule has 0 aliphatic heterocycles. The SMILES string of the molecule is COc1ccc(Cc2nccc3c(NC(=O)c4csc5c(N)ncnc45)c(C)ccc23)cc1NS(C)(=O)=O. The molecule has 3 heterocycles. The largest absolute Gasteiger partial charge is 0.495 e. The summed E-state index contributed by atoms with van der Waals surface area (Å²) in [4.78, 5) is 26.1. The molecule has 0 aliphatic carbocycles. The number of carbonyl (C=O) groups is 1. The molecule has 10 nitrogen and oxygen atoms in total. The van der Waals surface area contributed by atoms with E-state index in [0.717, 1.165) is 33.8 Å². The van der Waals surface area contributed by atoms with Gasteiger partial charge in [-0.3, -0.25) is 14.5 Å². The van der Waals surface area contributed by atoms with Crippen LogP contribution in [0.3, 0.4) is 0 Å². The number of hydrogen-bond donors (Lipinski definition) is 3. The van der Waals surface area contributed by atoms with Crippen molar-refractivity contribution in [3.8, 4) is 5.75 Å². The van der Waals surface area contributed by atoms with Crippen LogP contribution in [0.1, 0.15) is 27.2 Å². The molecule has 0 fully saturated rings. The van der Waals surface area contributed by atoms with Gasteiger partial charge in [0.05, 0.1) is 46.2 Å². The maximum absolute atomic E-state index is 13.3. The number of nitrogens with zero attached hydrogens (tertiary/aromatic N) is 3. The Hall–Kier alpha value is -4.29. The van der Waals surface area contributed by atoms with Crippen molar-refractivity contribution in [3.05, 3.63) is 76.7 Å². The molecule has 2 aromatic carbocycles. The molecule has 194 valence electrons. The smallest absolute Gasteiger partial charge is 0.258 e. The van der Waals surface area contributed by atoms with Gasteiger partial charge in [-0.25, -0.2) is 18.4 Å². The summed E-state index contributed by atoms with van der Waals surface area (Å²) in [5.74, 6) is 0.457. The molecule has 4 N–H and O–H groups in total. The summed E-state index contributed by atoms with van der Waals surface area (Å²) >= 11 is 1.33. The van der Waals surface area contributed by atoms with Gasteiger partial charge in [0.2, 0.25) is 10.0 Å². The number of aromatic nitrogens is 3. The van der Waals surface area contributed by atoms with Gasteiger partial charge in [-0.15, -0.1) is 11.3 Å². The van der Waals surface area contributed by atoms with Crippen molar-refractivity contribution in [2.75, 3.05) is 29.1 Å². The number of methoxy groups -OCH3 is 1. The van der Waals surface area contributed by atoms with Crippen molar-refractivity contribution in [2.24, 2.45) is 0 Å². The number of sulfonamides is 1. The van der Waals surface area contributed by atoms with Crippen LogP contribution >= 0.6 is 11.3 Å². The van der Waals surface area contributed by atoms with Gasteiger partial charge in [-0.1, -0.05) is 18.2 Å². The normalized spacial score (nSPS) is 11.6. The fourth-order valence-corrected chi connectivity index (χ4v) is 5.74. The molecule has 5 rings (SSSR count). The van der Waals surface area contributed by atoms with Gasteiger partial charge in [0, 0.05) is 28.8 Å². The molecule has 12 heteroatoms. The van der Waals surface area contributed by atoms with Crippen LogP contribution in [-0.2, 0) is 16.4 Å². The van der Waals surface area contributed by atoms with Gasteiger partial charge >= 0.3 is 0 Å². The van der Waals surface area contributed by atoms with Crippen molar-refractivity contribution in [1.82, 2.24) is 15.0 Å². The van der Waals surface area contributed by atoms with E-state index in [4.69, 9.17) is 10.5 Å². The minimum atomic E-state index is -3.49. The lowest BCUT2D eigenvalue weighted by Crippen LogP contribution is -2.13. The molecule has 0 aliphatic rings. The number of nitrogens with two attached hydrogens (primary N) is 1. The van der Waals surface area contributed by atoms with E-state index in [-0.39, 0.29) is 5.91 Å². The van der Waals surface area contributed by atoms with E-state index in [1.807, 2.05) is 31.2 Å². The summed E-state index contributed by atoms with van der Waals surface area (Å²) in [6.45, 7) is 1.92. The van der Waals surface area contributed by atoms with Gasteiger partial charge in [-0.05, 0) is 36.2 Å². The molecular weight excluding hydrogens is 524 g/mol. The molecule has 0 bridgehead atoms. The number of amides is 1. The van der Waals surface area contributed by atoms with E-state index in [0.29, 0.717) is 45.1 Å². The van der Waals surface area contributed by atoms with Crippen molar-refractivity contribution < 1.29 is 17.9 Å². The second-order valence-corrected chi connectivity index (χ2v) is 11.4. The maximum atomic E-state index is 13.3. The zero-order chi connectivity index (χ0) is 27.0. The first kappa shape index (κ1) is 25.4. The number of rotatable bonds is 7. The standard InChI is InChI=1S/C26H24N6O4S2/c1-14-4-6-16-17(22(14)31-26(33)18-12-37-24-23(18)29-13-30-25(24)27)8-9-28-19(16)10-15-5-7-21(36-2)20(11-15)32-38(3,34)35/h4-9,11-13,32H,10H2,1-3H3,(H,31,33)(H2,27,29,30). The summed E-state index contributed by atoms with van der Waals surface area (Å²) in [6.07, 6.45) is 4.56. The minimum absolute atomic E-state index is 0.296. The molecule has 0 spiro atoms. The monoisotopic (exact) mass is 548 g/mol. The Morgan fingerprint density at radius 3 is 2.68 bits per heavy atom. The number of aryl methyl sites for hydroxylation is 1. The lowest BCUT2D eigenvalue weighted by molar-refractivity contribution is 0.102. The number of pyridine rings is 1. The zero-order valence-corrected chi connectivity index (χ0v) is 22.4. The lowest BCUT2D eigenvalue weighted by Gasteiger charge is -2.15. The third kappa shape index (κ3) is 4.95. The highest BCUT2D eigenvalue weighted by Crippen LogP contribution is 2.33. The Morgan fingerprint density at radius 1 is 1.11 bits per heavy atom. The molecule has 0 atom stereocenters. The van der Waals surface area contributed by atoms with E-state index in [1.165, 1.54) is 24.8 Å². The summed E-state index contributed by atoms with van der Waals surface area (Å²) < 4.78 is 32.1. The summed E-state index contributed by atoms with van der Waals surface area (Å²) in [5.41, 5.74) is 10.4. The maximum Gasteiger partial charge on any atom is 0.258 e. The number of fused-ring (bicyclic) bond motifs is 2. The Morgan fingerprint density at radius 2 is 1.92 bits per heavy atom. The molecule has 38 heavy (non-hydrogen) atoms. The predicted octanol–water partition coefficient (Wildman–Crippen LogP) is 4.35. The second-order valence-electron chi connectivity index (χ2n) is 8.74. The van der Waals surface area contributed by atoms with Crippen LogP contribution in [0, 0.1) is 6.92 Å². The Balaban J connectivity index is 1.51. The number of carbonyl (C=O) groups excluding carboxylic acids is 1. The van der Waals surface area contributed by atoms with Gasteiger partial charge in [0.25, 0.3) is 5.91 Å². The quantitative estimate of drug-likeness (QED) is 0.272. The van der Waals surface area contributed by atoms with Crippen LogP contribution in [0.2, 0.25) is 0 Å². The molecule has 3 aromatic heterocycles. The van der Waals surface area contributed by atoms with Crippen LogP contribution < -0.4 is 20.5 Å². The summed E-state index contributed by atoms with van der Waals surface area (Å²) in [6, 6.07) is 11.1. The van der Waals surface area contributed by atoms with Crippen LogP contribution in [0.25, 0.3) is 21.0 Å². The Bertz CT molecular complexity index is 1820. The van der Waals surface area contributed by atoms with Crippen molar-refractivity contribution in [1.29, 1.82) is 0 Å². The van der Waals surface area contributed by atoms with Crippen LogP contribution in [0.15, 0.2) is 54.3 Å². The highest BCUT2D eigenvalue weighted by molar-refractivity contribution is 7.92. The van der Waals surface area contributed by atoms with E-state index in [9.17, 15) is 13.2 Å². The van der Waals surface area contributed by atoms with E-state index in [2.05, 4.69) is 25.0 Å². The number of thiophene rings is 1. The van der Waals surface area contributed by atoms with Gasteiger partial charge in [0.15, 0.2) is 0 Å². The molecule has 0 unspecified atom stereocenters. The van der Waals surface area contributed by atoms with E-state index < -0.39 is 10.0 Å². The second kappa shape index (κ2) is 9.88. The number of nitrogens with one attached hydrogen (secondary N) is 2. The highest BCUT2D eigenvalue weighted by atomic mass is 32.2. The fraction of sp³-hybridized carbons (Fsp3) is 0.154. The Labute approximate surface area is 223 Å². The van der Waals surface area contributed by atoms with Crippen LogP contribution in [0.5, 0.6) is 5.75 Å². The Kier molecular flexibility index (Phi) is 6.59. The number of ether oxygens (including phenoxy) is 1.